The van der Waals surface area contributed by atoms with E-state index in [2.05, 4.69) is 15.7 Å². The topological polar surface area (TPSA) is 91.3 Å². The Morgan fingerprint density at radius 1 is 1.18 bits per heavy atom. The summed E-state index contributed by atoms with van der Waals surface area (Å²) in [7, 11) is 3.29. The Balaban J connectivity index is 0.00000199. The smallest absolute Gasteiger partial charge is 0.252 e. The average Bonchev–Trinajstić information content (AvgIpc) is 2.89. The fourth-order valence-corrected chi connectivity index (χ4v) is 5.23. The van der Waals surface area contributed by atoms with Crippen LogP contribution in [0.15, 0.2) is 58.8 Å². The summed E-state index contributed by atoms with van der Waals surface area (Å²) in [4.78, 5) is 13.9. The molecule has 1 saturated heterocycles. The molecular weight excluding hydrogens is 496 g/mol. The number of hydrogen-bond acceptors (Lipinski definition) is 8. The monoisotopic (exact) mass is 526 g/mol. The molecule has 1 aliphatic rings. The van der Waals surface area contributed by atoms with Crippen molar-refractivity contribution in [2.45, 2.75) is 23.3 Å². The van der Waals surface area contributed by atoms with Crippen molar-refractivity contribution in [1.29, 1.82) is 0 Å². The van der Waals surface area contributed by atoms with Crippen LogP contribution in [0.25, 0.3) is 11.1 Å². The minimum atomic E-state index is -0.782. The van der Waals surface area contributed by atoms with Gasteiger partial charge in [-0.2, -0.15) is 0 Å². The first-order chi connectivity index (χ1) is 16.5. The van der Waals surface area contributed by atoms with E-state index >= 15 is 0 Å². The van der Waals surface area contributed by atoms with Crippen molar-refractivity contribution in [1.82, 2.24) is 9.62 Å². The summed E-state index contributed by atoms with van der Waals surface area (Å²) in [6.45, 7) is 1.98. The highest BCUT2D eigenvalue weighted by atomic mass is 35.5. The van der Waals surface area contributed by atoms with Gasteiger partial charge in [0.25, 0.3) is 5.91 Å². The molecule has 0 atom stereocenters. The molecule has 2 aromatic rings. The normalized spacial score (nSPS) is 15.5. The number of nitrogens with zero attached hydrogens (tertiary/aromatic N) is 1. The van der Waals surface area contributed by atoms with E-state index in [0.29, 0.717) is 24.4 Å². The van der Waals surface area contributed by atoms with Crippen LogP contribution in [-0.4, -0.2) is 66.4 Å². The number of halogens is 1. The molecule has 0 aromatic heterocycles. The zero-order chi connectivity index (χ0) is 25.0. The van der Waals surface area contributed by atoms with Crippen molar-refractivity contribution in [2.75, 3.05) is 40.1 Å². The lowest BCUT2D eigenvalue weighted by Gasteiger charge is -2.39. The van der Waals surface area contributed by atoms with E-state index in [1.807, 2.05) is 54.1 Å². The van der Waals surface area contributed by atoms with E-state index in [1.165, 1.54) is 0 Å². The molecule has 34 heavy (non-hydrogen) atoms. The number of benzene rings is 2. The summed E-state index contributed by atoms with van der Waals surface area (Å²) in [5, 5.41) is 17.6. The number of rotatable bonds is 9. The summed E-state index contributed by atoms with van der Waals surface area (Å²) < 4.78 is 13.4. The Kier molecular flexibility index (Phi) is 12.3. The van der Waals surface area contributed by atoms with Gasteiger partial charge in [-0.1, -0.05) is 35.9 Å². The van der Waals surface area contributed by atoms with Crippen molar-refractivity contribution >= 4 is 41.2 Å². The number of carbonyl (C=O) groups is 1. The highest BCUT2D eigenvalue weighted by molar-refractivity contribution is 8.01. The lowest BCUT2D eigenvalue weighted by Crippen LogP contribution is -2.54. The summed E-state index contributed by atoms with van der Waals surface area (Å²) in [5.74, 6) is 0.741. The van der Waals surface area contributed by atoms with Crippen LogP contribution in [0.4, 0.5) is 0 Å². The lowest BCUT2D eigenvalue weighted by molar-refractivity contribution is -0.176. The van der Waals surface area contributed by atoms with Gasteiger partial charge in [-0.05, 0) is 60.7 Å². The summed E-state index contributed by atoms with van der Waals surface area (Å²) in [5.41, 5.74) is 1.22. The van der Waals surface area contributed by atoms with Gasteiger partial charge in [0, 0.05) is 47.8 Å². The predicted octanol–water partition coefficient (Wildman–Crippen LogP) is 5.51. The van der Waals surface area contributed by atoms with E-state index in [9.17, 15) is 4.79 Å². The van der Waals surface area contributed by atoms with Crippen molar-refractivity contribution < 1.29 is 24.8 Å². The second-order valence-electron chi connectivity index (χ2n) is 7.38. The molecule has 1 amide bonds. The number of nitrogens with one attached hydrogen (secondary N) is 1. The van der Waals surface area contributed by atoms with Crippen LogP contribution in [-0.2, 0) is 9.53 Å². The molecular formula is C24H31ClN2O5S2. The number of carbonyl (C=O) groups excluding carboxylic acids is 1. The minimum absolute atomic E-state index is 0.0448. The molecule has 1 heterocycles. The second kappa shape index (κ2) is 14.6. The third kappa shape index (κ3) is 7.39. The molecule has 0 unspecified atom stereocenters. The highest BCUT2D eigenvalue weighted by Crippen LogP contribution is 2.40. The number of thioether (sulfide) groups is 1. The zero-order valence-corrected chi connectivity index (χ0v) is 21.9. The molecule has 1 aliphatic heterocycles. The standard InChI is InChI=1S/C24H29ClN2O3S2.H2O2/c1-29-18-9-10-22(20(17-18)19-7-4-5-8-21(19)25)32-27-14-11-24(30-2,12-15-27)23(28)26-13-6-16-31-3;1-2/h4-10,16-17H,11-15H2,1-3H3,(H,26,28);1-2H/b16-6-;. The van der Waals surface area contributed by atoms with Crippen LogP contribution >= 0.6 is 35.3 Å². The van der Waals surface area contributed by atoms with Crippen LogP contribution in [0.3, 0.4) is 0 Å². The van der Waals surface area contributed by atoms with Gasteiger partial charge in [-0.3, -0.25) is 15.3 Å². The average molecular weight is 527 g/mol. The van der Waals surface area contributed by atoms with Crippen LogP contribution in [0.2, 0.25) is 5.02 Å². The van der Waals surface area contributed by atoms with Gasteiger partial charge in [-0.25, -0.2) is 4.31 Å². The Morgan fingerprint density at radius 2 is 1.88 bits per heavy atom. The van der Waals surface area contributed by atoms with Crippen molar-refractivity contribution in [3.63, 3.8) is 0 Å². The molecule has 3 N–H and O–H groups in total. The highest BCUT2D eigenvalue weighted by Gasteiger charge is 2.41. The van der Waals surface area contributed by atoms with Crippen molar-refractivity contribution in [3.05, 3.63) is 59.0 Å². The number of hydrogen-bond donors (Lipinski definition) is 3. The summed E-state index contributed by atoms with van der Waals surface area (Å²) >= 11 is 9.78. The van der Waals surface area contributed by atoms with Gasteiger partial charge in [0.1, 0.15) is 11.4 Å². The van der Waals surface area contributed by atoms with E-state index in [4.69, 9.17) is 31.6 Å². The molecule has 0 bridgehead atoms. The fraction of sp³-hybridized carbons (Fsp3) is 0.375. The third-order valence-corrected chi connectivity index (χ3v) is 7.50. The molecule has 7 nitrogen and oxygen atoms in total. The predicted molar refractivity (Wildman–Crippen MR) is 141 cm³/mol. The quantitative estimate of drug-likeness (QED) is 0.224. The maximum atomic E-state index is 12.8. The zero-order valence-electron chi connectivity index (χ0n) is 19.5. The minimum Gasteiger partial charge on any atom is -0.497 e. The van der Waals surface area contributed by atoms with Gasteiger partial charge >= 0.3 is 0 Å². The summed E-state index contributed by atoms with van der Waals surface area (Å²) in [6, 6.07) is 13.9. The van der Waals surface area contributed by atoms with E-state index in [0.717, 1.165) is 34.9 Å². The van der Waals surface area contributed by atoms with Gasteiger partial charge in [-0.15, -0.1) is 11.8 Å². The van der Waals surface area contributed by atoms with E-state index in [1.54, 1.807) is 37.9 Å². The Hall–Kier alpha value is -1.72. The Bertz CT molecular complexity index is 953. The van der Waals surface area contributed by atoms with Crippen molar-refractivity contribution in [2.24, 2.45) is 0 Å². The van der Waals surface area contributed by atoms with E-state index in [-0.39, 0.29) is 5.91 Å². The van der Waals surface area contributed by atoms with Crippen LogP contribution in [0.5, 0.6) is 5.75 Å². The number of methoxy groups -OCH3 is 2. The lowest BCUT2D eigenvalue weighted by atomic mass is 9.91. The third-order valence-electron chi connectivity index (χ3n) is 5.53. The Morgan fingerprint density at radius 3 is 2.50 bits per heavy atom. The molecule has 3 rings (SSSR count). The first-order valence-corrected chi connectivity index (χ1v) is 13.0. The number of amides is 1. The molecule has 2 aromatic carbocycles. The van der Waals surface area contributed by atoms with Gasteiger partial charge in [0.2, 0.25) is 0 Å². The van der Waals surface area contributed by atoms with E-state index < -0.39 is 5.60 Å². The molecule has 0 radical (unpaired) electrons. The molecule has 0 spiro atoms. The van der Waals surface area contributed by atoms with Gasteiger partial charge < -0.3 is 14.8 Å². The maximum absolute atomic E-state index is 12.8. The Labute approximate surface area is 214 Å². The molecule has 0 aliphatic carbocycles. The van der Waals surface area contributed by atoms with Gasteiger partial charge in [0.05, 0.1) is 7.11 Å². The van der Waals surface area contributed by atoms with Crippen LogP contribution in [0, 0.1) is 0 Å². The van der Waals surface area contributed by atoms with Crippen molar-refractivity contribution in [3.8, 4) is 16.9 Å². The first-order valence-electron chi connectivity index (χ1n) is 10.6. The SMILES string of the molecule is COc1ccc(SN2CCC(OC)(C(=O)NC/C=C\SC)CC2)c(-c2ccccc2Cl)c1.OO. The van der Waals surface area contributed by atoms with Gasteiger partial charge in [0.15, 0.2) is 0 Å². The van der Waals surface area contributed by atoms with Crippen LogP contribution in [0.1, 0.15) is 12.8 Å². The maximum Gasteiger partial charge on any atom is 0.252 e. The van der Waals surface area contributed by atoms with Crippen LogP contribution < -0.4 is 10.1 Å². The number of piperidine rings is 1. The second-order valence-corrected chi connectivity index (χ2v) is 9.67. The first kappa shape index (κ1) is 28.5. The molecule has 10 heteroatoms. The summed E-state index contributed by atoms with van der Waals surface area (Å²) in [6.07, 6.45) is 5.19. The number of ether oxygens (including phenoxy) is 2. The molecule has 186 valence electrons. The molecule has 0 saturated carbocycles. The fourth-order valence-electron chi connectivity index (χ4n) is 3.66. The molecule has 1 fully saturated rings. The largest absolute Gasteiger partial charge is 0.497 e.